The molecule has 0 saturated heterocycles. The normalized spacial score (nSPS) is 12.1. The van der Waals surface area contributed by atoms with Crippen molar-refractivity contribution in [2.45, 2.75) is 20.5 Å². The van der Waals surface area contributed by atoms with Gasteiger partial charge in [0.1, 0.15) is 0 Å². The molecule has 0 aliphatic heterocycles. The number of alkyl halides is 2. The van der Waals surface area contributed by atoms with Crippen molar-refractivity contribution in [3.05, 3.63) is 18.2 Å². The van der Waals surface area contributed by atoms with Gasteiger partial charge in [-0.25, -0.2) is 0 Å². The number of hydrogen-bond donors (Lipinski definition) is 2. The van der Waals surface area contributed by atoms with Gasteiger partial charge in [-0.15, -0.1) is 0 Å². The first-order valence-electron chi connectivity index (χ1n) is 6.62. The number of amides is 1. The Hall–Kier alpha value is -1.89. The fourth-order valence-corrected chi connectivity index (χ4v) is 1.66. The lowest BCUT2D eigenvalue weighted by molar-refractivity contribution is -0.119. The number of ether oxygens (including phenoxy) is 2. The summed E-state index contributed by atoms with van der Waals surface area (Å²) in [4.78, 5) is 11.9. The maximum Gasteiger partial charge on any atom is 0.387 e. The molecule has 118 valence electrons. The first-order chi connectivity index (χ1) is 9.97. The topological polar surface area (TPSA) is 59.6 Å². The minimum absolute atomic E-state index is 0.121. The van der Waals surface area contributed by atoms with Crippen molar-refractivity contribution in [2.75, 3.05) is 25.5 Å². The average Bonchev–Trinajstić information content (AvgIpc) is 2.44. The molecule has 0 bridgehead atoms. The van der Waals surface area contributed by atoms with Gasteiger partial charge in [-0.1, -0.05) is 13.8 Å². The summed E-state index contributed by atoms with van der Waals surface area (Å²) in [6, 6.07) is 4.33. The molecule has 2 N–H and O–H groups in total. The van der Waals surface area contributed by atoms with Crippen molar-refractivity contribution in [1.82, 2.24) is 5.32 Å². The van der Waals surface area contributed by atoms with Gasteiger partial charge in [0.05, 0.1) is 7.11 Å². The quantitative estimate of drug-likeness (QED) is 0.774. The lowest BCUT2D eigenvalue weighted by Crippen LogP contribution is -2.30. The first-order valence-corrected chi connectivity index (χ1v) is 6.62. The summed E-state index contributed by atoms with van der Waals surface area (Å²) in [5.41, 5.74) is 0.375. The van der Waals surface area contributed by atoms with E-state index in [1.807, 2.05) is 6.92 Å². The number of rotatable bonds is 8. The number of nitrogens with one attached hydrogen (secondary N) is 2. The van der Waals surface area contributed by atoms with E-state index in [9.17, 15) is 13.6 Å². The van der Waals surface area contributed by atoms with E-state index in [-0.39, 0.29) is 23.3 Å². The van der Waals surface area contributed by atoms with Crippen LogP contribution >= 0.6 is 0 Å². The predicted molar refractivity (Wildman–Crippen MR) is 76.0 cm³/mol. The molecule has 1 amide bonds. The first kappa shape index (κ1) is 17.2. The zero-order valence-corrected chi connectivity index (χ0v) is 12.3. The van der Waals surface area contributed by atoms with Gasteiger partial charge >= 0.3 is 6.61 Å². The number of methoxy groups -OCH3 is 1. The summed E-state index contributed by atoms with van der Waals surface area (Å²) in [7, 11) is 1.35. The molecule has 0 heterocycles. The molecule has 7 heteroatoms. The molecule has 1 aromatic rings. The molecule has 5 nitrogen and oxygen atoms in total. The van der Waals surface area contributed by atoms with Crippen LogP contribution in [0, 0.1) is 5.92 Å². The summed E-state index contributed by atoms with van der Waals surface area (Å²) in [6.07, 6.45) is 0. The summed E-state index contributed by atoms with van der Waals surface area (Å²) in [5, 5.41) is 5.72. The van der Waals surface area contributed by atoms with Crippen molar-refractivity contribution in [2.24, 2.45) is 5.92 Å². The summed E-state index contributed by atoms with van der Waals surface area (Å²) >= 11 is 0. The lowest BCUT2D eigenvalue weighted by atomic mass is 10.1. The van der Waals surface area contributed by atoms with Crippen LogP contribution in [0.25, 0.3) is 0 Å². The largest absolute Gasteiger partial charge is 0.493 e. The Bertz CT molecular complexity index is 470. The van der Waals surface area contributed by atoms with E-state index in [4.69, 9.17) is 4.74 Å². The molecule has 21 heavy (non-hydrogen) atoms. The van der Waals surface area contributed by atoms with Crippen LogP contribution in [0.2, 0.25) is 0 Å². The minimum atomic E-state index is -2.96. The zero-order chi connectivity index (χ0) is 15.8. The van der Waals surface area contributed by atoms with Gasteiger partial charge in [-0.2, -0.15) is 8.78 Å². The fraction of sp³-hybridized carbons (Fsp3) is 0.500. The number of carbonyl (C=O) groups is 1. The highest BCUT2D eigenvalue weighted by molar-refractivity contribution is 5.92. The molecular formula is C14H20F2N2O3. The van der Waals surface area contributed by atoms with Crippen LogP contribution in [-0.2, 0) is 4.79 Å². The highest BCUT2D eigenvalue weighted by Crippen LogP contribution is 2.31. The third-order valence-electron chi connectivity index (χ3n) is 2.80. The second-order valence-corrected chi connectivity index (χ2v) is 4.44. The smallest absolute Gasteiger partial charge is 0.387 e. The van der Waals surface area contributed by atoms with Crippen LogP contribution < -0.4 is 20.1 Å². The molecule has 0 saturated carbocycles. The third kappa shape index (κ3) is 5.55. The number of anilines is 1. The number of hydrogen-bond acceptors (Lipinski definition) is 4. The lowest BCUT2D eigenvalue weighted by Gasteiger charge is -2.15. The molecule has 0 aliphatic carbocycles. The van der Waals surface area contributed by atoms with Gasteiger partial charge in [0, 0.05) is 24.2 Å². The van der Waals surface area contributed by atoms with Crippen molar-refractivity contribution in [3.8, 4) is 11.5 Å². The Morgan fingerprint density at radius 1 is 1.33 bits per heavy atom. The van der Waals surface area contributed by atoms with Crippen LogP contribution in [0.3, 0.4) is 0 Å². The monoisotopic (exact) mass is 302 g/mol. The molecule has 1 aromatic carbocycles. The van der Waals surface area contributed by atoms with E-state index >= 15 is 0 Å². The molecule has 1 rings (SSSR count). The minimum Gasteiger partial charge on any atom is -0.493 e. The van der Waals surface area contributed by atoms with E-state index in [1.165, 1.54) is 19.2 Å². The number of carbonyl (C=O) groups excluding carboxylic acids is 1. The molecular weight excluding hydrogens is 282 g/mol. The third-order valence-corrected chi connectivity index (χ3v) is 2.80. The standard InChI is InChI=1S/C14H20F2N2O3/c1-4-17-8-9(2)13(19)18-10-5-6-11(20-3)12(7-10)21-14(15)16/h5-7,9,14,17H,4,8H2,1-3H3,(H,18,19). The Kier molecular flexibility index (Phi) is 6.87. The van der Waals surface area contributed by atoms with E-state index in [0.29, 0.717) is 12.2 Å². The highest BCUT2D eigenvalue weighted by atomic mass is 19.3. The van der Waals surface area contributed by atoms with Gasteiger partial charge in [0.25, 0.3) is 0 Å². The van der Waals surface area contributed by atoms with Gasteiger partial charge < -0.3 is 20.1 Å². The maximum atomic E-state index is 12.3. The van der Waals surface area contributed by atoms with Gasteiger partial charge in [0.15, 0.2) is 11.5 Å². The van der Waals surface area contributed by atoms with Crippen molar-refractivity contribution in [3.63, 3.8) is 0 Å². The SMILES string of the molecule is CCNCC(C)C(=O)Nc1ccc(OC)c(OC(F)F)c1. The molecule has 1 atom stereocenters. The number of halogens is 2. The maximum absolute atomic E-state index is 12.3. The van der Waals surface area contributed by atoms with Gasteiger partial charge in [-0.05, 0) is 18.7 Å². The molecule has 0 fully saturated rings. The molecule has 0 aromatic heterocycles. The predicted octanol–water partition coefficient (Wildman–Crippen LogP) is 2.48. The summed E-state index contributed by atoms with van der Waals surface area (Å²) in [5.74, 6) is -0.394. The highest BCUT2D eigenvalue weighted by Gasteiger charge is 2.15. The Morgan fingerprint density at radius 3 is 2.62 bits per heavy atom. The van der Waals surface area contributed by atoms with Crippen LogP contribution in [0.5, 0.6) is 11.5 Å². The summed E-state index contributed by atoms with van der Waals surface area (Å²) in [6.45, 7) is 2.07. The Balaban J connectivity index is 2.77. The van der Waals surface area contributed by atoms with E-state index in [1.54, 1.807) is 13.0 Å². The second-order valence-electron chi connectivity index (χ2n) is 4.44. The zero-order valence-electron chi connectivity index (χ0n) is 12.3. The Labute approximate surface area is 122 Å². The van der Waals surface area contributed by atoms with Crippen molar-refractivity contribution < 1.29 is 23.0 Å². The number of benzene rings is 1. The van der Waals surface area contributed by atoms with Crippen molar-refractivity contribution >= 4 is 11.6 Å². The van der Waals surface area contributed by atoms with Gasteiger partial charge in [-0.3, -0.25) is 4.79 Å². The Morgan fingerprint density at radius 2 is 2.05 bits per heavy atom. The molecule has 0 spiro atoms. The van der Waals surface area contributed by atoms with Gasteiger partial charge in [0.2, 0.25) is 5.91 Å². The summed E-state index contributed by atoms with van der Waals surface area (Å²) < 4.78 is 33.9. The fourth-order valence-electron chi connectivity index (χ4n) is 1.66. The van der Waals surface area contributed by atoms with E-state index in [0.717, 1.165) is 6.54 Å². The molecule has 1 unspecified atom stereocenters. The van der Waals surface area contributed by atoms with Crippen LogP contribution in [0.4, 0.5) is 14.5 Å². The van der Waals surface area contributed by atoms with E-state index < -0.39 is 6.61 Å². The average molecular weight is 302 g/mol. The van der Waals surface area contributed by atoms with Crippen LogP contribution in [-0.4, -0.2) is 32.7 Å². The van der Waals surface area contributed by atoms with Crippen LogP contribution in [0.15, 0.2) is 18.2 Å². The molecule has 0 aliphatic rings. The van der Waals surface area contributed by atoms with E-state index in [2.05, 4.69) is 15.4 Å². The second kappa shape index (κ2) is 8.41. The molecule has 0 radical (unpaired) electrons. The van der Waals surface area contributed by atoms with Crippen LogP contribution in [0.1, 0.15) is 13.8 Å². The van der Waals surface area contributed by atoms with Crippen molar-refractivity contribution in [1.29, 1.82) is 0 Å².